The maximum absolute atomic E-state index is 8.25. The van der Waals surface area contributed by atoms with Crippen molar-refractivity contribution in [2.75, 3.05) is 6.26 Å². The van der Waals surface area contributed by atoms with Gasteiger partial charge in [-0.1, -0.05) is 12.2 Å². The van der Waals surface area contributed by atoms with Crippen molar-refractivity contribution in [1.29, 1.82) is 0 Å². The van der Waals surface area contributed by atoms with E-state index in [9.17, 15) is 0 Å². The van der Waals surface area contributed by atoms with Gasteiger partial charge in [0.2, 0.25) is 0 Å². The Balaban J connectivity index is -0.0000000800. The van der Waals surface area contributed by atoms with E-state index < -0.39 is 6.47 Å². The molecule has 0 aliphatic heterocycles. The van der Waals surface area contributed by atoms with E-state index in [4.69, 9.17) is 15.6 Å². The first-order chi connectivity index (χ1) is 3.68. The maximum Gasteiger partial charge on any atom is 1.00 e. The number of carboxylic acid groups (broad SMARTS) is 1. The second kappa shape index (κ2) is 15.9. The summed E-state index contributed by atoms with van der Waals surface area (Å²) in [6.07, 6.45) is 1.85. The van der Waals surface area contributed by atoms with Gasteiger partial charge in [-0.2, -0.15) is 0 Å². The van der Waals surface area contributed by atoms with Crippen LogP contribution in [0.3, 0.4) is 0 Å². The molecule has 0 rings (SSSR count). The van der Waals surface area contributed by atoms with E-state index in [1.54, 1.807) is 0 Å². The van der Waals surface area contributed by atoms with Crippen molar-refractivity contribution >= 4 is 34.8 Å². The van der Waals surface area contributed by atoms with Crippen LogP contribution < -0.4 is 40.4 Å². The quantitative estimate of drug-likeness (QED) is 0.231. The van der Waals surface area contributed by atoms with Gasteiger partial charge in [-0.3, -0.25) is 0 Å². The Morgan fingerprint density at radius 1 is 1.89 bits per heavy atom. The fourth-order valence-electron chi connectivity index (χ4n) is 0. The van der Waals surface area contributed by atoms with Crippen molar-refractivity contribution < 1.29 is 39.5 Å². The molecule has 0 saturated carbocycles. The summed E-state index contributed by atoms with van der Waals surface area (Å²) >= 11 is 5.83. The first-order valence-electron chi connectivity index (χ1n) is 1.58. The molecule has 0 unspecified atom stereocenters. The van der Waals surface area contributed by atoms with Crippen molar-refractivity contribution in [2.45, 2.75) is 0 Å². The normalized spacial score (nSPS) is 5.44. The second-order valence-electron chi connectivity index (χ2n) is 0.619. The first kappa shape index (κ1) is 16.4. The number of hydrogen-bond donors (Lipinski definition) is 1. The Hall–Kier alpha value is 0.710. The molecule has 0 aliphatic rings. The molecular formula is C3H6NNaO2S2. The molecule has 0 bridgehead atoms. The molecule has 0 atom stereocenters. The minimum atomic E-state index is -0.500. The zero-order chi connectivity index (χ0) is 6.99. The van der Waals surface area contributed by atoms with Gasteiger partial charge in [-0.05, 0) is 6.26 Å². The number of hydrogen-bond acceptors (Lipinski definition) is 4. The van der Waals surface area contributed by atoms with Crippen LogP contribution in [0.4, 0.5) is 0 Å². The van der Waals surface area contributed by atoms with Crippen LogP contribution in [-0.2, 0) is 4.79 Å². The molecule has 0 aliphatic carbocycles. The summed E-state index contributed by atoms with van der Waals surface area (Å²) in [5, 5.41) is 8.25. The summed E-state index contributed by atoms with van der Waals surface area (Å²) in [5.41, 5.74) is 4.99. The number of carbonyl (C=O) groups is 1. The molecular weight excluding hydrogens is 169 g/mol. The minimum Gasteiger partial charge on any atom is -0.554 e. The monoisotopic (exact) mass is 175 g/mol. The molecule has 0 amide bonds. The van der Waals surface area contributed by atoms with E-state index in [-0.39, 0.29) is 29.6 Å². The number of nitrogens with two attached hydrogens (primary N) is 1. The molecule has 0 fully saturated rings. The van der Waals surface area contributed by atoms with E-state index in [1.807, 2.05) is 6.26 Å². The summed E-state index contributed by atoms with van der Waals surface area (Å²) in [6.45, 7) is -0.500. The van der Waals surface area contributed by atoms with E-state index in [0.717, 1.165) is 0 Å². The molecule has 48 valence electrons. The molecule has 0 aromatic rings. The predicted octanol–water partition coefficient (Wildman–Crippen LogP) is -4.04. The molecule has 0 aromatic heterocycles. The fourth-order valence-corrected chi connectivity index (χ4v) is 0. The van der Waals surface area contributed by atoms with E-state index >= 15 is 0 Å². The minimum absolute atomic E-state index is 0. The summed E-state index contributed by atoms with van der Waals surface area (Å²) < 4.78 is 0.505. The van der Waals surface area contributed by atoms with Crippen LogP contribution in [0.25, 0.3) is 0 Å². The third-order valence-corrected chi connectivity index (χ3v) is 1.10. The van der Waals surface area contributed by atoms with E-state index in [1.165, 1.54) is 11.8 Å². The average Bonchev–Trinajstić information content (AvgIpc) is 1.69. The van der Waals surface area contributed by atoms with Crippen LogP contribution >= 0.6 is 24.0 Å². The van der Waals surface area contributed by atoms with Gasteiger partial charge in [0.15, 0.2) is 0 Å². The van der Waals surface area contributed by atoms with Crippen LogP contribution in [0.15, 0.2) is 0 Å². The van der Waals surface area contributed by atoms with Gasteiger partial charge in [-0.15, -0.1) is 11.8 Å². The topological polar surface area (TPSA) is 66.2 Å². The van der Waals surface area contributed by atoms with Gasteiger partial charge < -0.3 is 15.6 Å². The molecule has 0 saturated heterocycles. The van der Waals surface area contributed by atoms with Crippen LogP contribution in [0.2, 0.25) is 0 Å². The number of thiocarbonyl (C=S) groups is 1. The van der Waals surface area contributed by atoms with E-state index in [0.29, 0.717) is 4.32 Å². The number of thioether (sulfide) groups is 1. The number of rotatable bonds is 0. The van der Waals surface area contributed by atoms with Crippen molar-refractivity contribution in [1.82, 2.24) is 0 Å². The van der Waals surface area contributed by atoms with Crippen molar-refractivity contribution in [3.05, 3.63) is 0 Å². The Labute approximate surface area is 85.7 Å². The van der Waals surface area contributed by atoms with E-state index in [2.05, 4.69) is 12.2 Å². The second-order valence-corrected chi connectivity index (χ2v) is 2.17. The Morgan fingerprint density at radius 3 is 2.00 bits per heavy atom. The van der Waals surface area contributed by atoms with Gasteiger partial charge in [0.25, 0.3) is 0 Å². The van der Waals surface area contributed by atoms with Crippen molar-refractivity contribution in [3.63, 3.8) is 0 Å². The smallest absolute Gasteiger partial charge is 0.554 e. The standard InChI is InChI=1S/C2H5NS2.CH2O2.Na/c1-5-2(3)4;2-1-3;/h1H3,(H2,3,4);1H,(H,2,3);/q;;+1/p-1. The summed E-state index contributed by atoms with van der Waals surface area (Å²) in [5.74, 6) is 0. The Morgan fingerprint density at radius 2 is 2.00 bits per heavy atom. The fraction of sp³-hybridized carbons (Fsp3) is 0.333. The average molecular weight is 175 g/mol. The first-order valence-corrected chi connectivity index (χ1v) is 3.21. The van der Waals surface area contributed by atoms with Crippen LogP contribution in [0.5, 0.6) is 0 Å². The van der Waals surface area contributed by atoms with Crippen molar-refractivity contribution in [2.24, 2.45) is 5.73 Å². The molecule has 0 spiro atoms. The van der Waals surface area contributed by atoms with Crippen molar-refractivity contribution in [3.8, 4) is 0 Å². The molecule has 9 heavy (non-hydrogen) atoms. The summed E-state index contributed by atoms with van der Waals surface area (Å²) in [7, 11) is 0. The Kier molecular flexibility index (Phi) is 28.9. The maximum atomic E-state index is 8.25. The SMILES string of the molecule is CSC(N)=S.O=C[O-].[Na+]. The number of carbonyl (C=O) groups excluding carboxylic acids is 1. The van der Waals surface area contributed by atoms with Gasteiger partial charge in [-0.25, -0.2) is 0 Å². The summed E-state index contributed by atoms with van der Waals surface area (Å²) in [6, 6.07) is 0. The third-order valence-electron chi connectivity index (χ3n) is 0.201. The predicted molar refractivity (Wildman–Crippen MR) is 36.4 cm³/mol. The van der Waals surface area contributed by atoms with Gasteiger partial charge >= 0.3 is 29.6 Å². The van der Waals surface area contributed by atoms with Gasteiger partial charge in [0.05, 0.1) is 0 Å². The zero-order valence-corrected chi connectivity index (χ0v) is 8.92. The molecule has 0 radical (unpaired) electrons. The van der Waals surface area contributed by atoms with Gasteiger partial charge in [0, 0.05) is 6.47 Å². The molecule has 0 heterocycles. The Bertz CT molecular complexity index is 80.2. The van der Waals surface area contributed by atoms with Crippen LogP contribution in [-0.4, -0.2) is 17.0 Å². The third kappa shape index (κ3) is 53.4. The van der Waals surface area contributed by atoms with Gasteiger partial charge in [0.1, 0.15) is 4.32 Å². The summed E-state index contributed by atoms with van der Waals surface area (Å²) in [4.78, 5) is 8.25. The molecule has 3 nitrogen and oxygen atoms in total. The molecule has 2 N–H and O–H groups in total. The molecule has 6 heteroatoms. The van der Waals surface area contributed by atoms with Crippen LogP contribution in [0.1, 0.15) is 0 Å². The van der Waals surface area contributed by atoms with Crippen LogP contribution in [0, 0.1) is 0 Å². The zero-order valence-electron chi connectivity index (χ0n) is 5.29. The largest absolute Gasteiger partial charge is 1.00 e. The molecule has 0 aromatic carbocycles.